The van der Waals surface area contributed by atoms with Crippen LogP contribution < -0.4 is 4.74 Å². The molecule has 0 N–H and O–H groups in total. The first kappa shape index (κ1) is 25.6. The van der Waals surface area contributed by atoms with E-state index in [9.17, 15) is 4.79 Å². The number of thioether (sulfide) groups is 1. The van der Waals surface area contributed by atoms with E-state index in [1.54, 1.807) is 0 Å². The van der Waals surface area contributed by atoms with Crippen LogP contribution in [-0.4, -0.2) is 30.9 Å². The Kier molecular flexibility index (Phi) is 7.35. The smallest absolute Gasteiger partial charge is 0.266 e. The van der Waals surface area contributed by atoms with Gasteiger partial charge in [-0.2, -0.15) is 5.10 Å². The molecule has 196 valence electrons. The molecule has 2 heterocycles. The van der Waals surface area contributed by atoms with Gasteiger partial charge in [0, 0.05) is 23.4 Å². The summed E-state index contributed by atoms with van der Waals surface area (Å²) in [6, 6.07) is 26.5. The Labute approximate surface area is 238 Å². The molecule has 5 nitrogen and oxygen atoms in total. The third-order valence-corrected chi connectivity index (χ3v) is 8.53. The van der Waals surface area contributed by atoms with E-state index in [0.29, 0.717) is 15.8 Å². The number of hydrogen-bond acceptors (Lipinski definition) is 5. The summed E-state index contributed by atoms with van der Waals surface area (Å²) < 4.78 is 8.64. The molecule has 0 spiro atoms. The predicted octanol–water partition coefficient (Wildman–Crippen LogP) is 7.57. The van der Waals surface area contributed by atoms with Crippen molar-refractivity contribution in [3.63, 3.8) is 0 Å². The summed E-state index contributed by atoms with van der Waals surface area (Å²) in [7, 11) is 0. The monoisotopic (exact) mass is 551 g/mol. The van der Waals surface area contributed by atoms with E-state index in [4.69, 9.17) is 22.1 Å². The number of carbonyl (C=O) groups excluding carboxylic acids is 1. The lowest BCUT2D eigenvalue weighted by Gasteiger charge is -2.21. The summed E-state index contributed by atoms with van der Waals surface area (Å²) in [6.45, 7) is 2.56. The van der Waals surface area contributed by atoms with E-state index in [2.05, 4.69) is 31.2 Å². The van der Waals surface area contributed by atoms with Crippen molar-refractivity contribution < 1.29 is 9.53 Å². The molecule has 39 heavy (non-hydrogen) atoms. The first-order valence-electron chi connectivity index (χ1n) is 13.3. The first-order chi connectivity index (χ1) is 19.0. The number of rotatable bonds is 7. The molecule has 1 aliphatic heterocycles. The van der Waals surface area contributed by atoms with Crippen LogP contribution in [0, 0.1) is 6.92 Å². The zero-order chi connectivity index (χ0) is 26.8. The van der Waals surface area contributed by atoms with Crippen molar-refractivity contribution >= 4 is 40.3 Å². The van der Waals surface area contributed by atoms with E-state index >= 15 is 0 Å². The van der Waals surface area contributed by atoms with Gasteiger partial charge in [-0.3, -0.25) is 9.69 Å². The number of aromatic nitrogens is 2. The number of carbonyl (C=O) groups is 1. The molecule has 1 amide bonds. The average molecular weight is 552 g/mol. The Hall–Kier alpha value is -3.68. The maximum Gasteiger partial charge on any atom is 0.266 e. The fourth-order valence-electron chi connectivity index (χ4n) is 5.11. The summed E-state index contributed by atoms with van der Waals surface area (Å²) >= 11 is 7.03. The molecule has 7 heteroatoms. The van der Waals surface area contributed by atoms with Crippen molar-refractivity contribution in [3.8, 4) is 22.7 Å². The third-order valence-electron chi connectivity index (χ3n) is 7.20. The van der Waals surface area contributed by atoms with Gasteiger partial charge in [0.1, 0.15) is 22.4 Å². The summed E-state index contributed by atoms with van der Waals surface area (Å²) in [5.41, 5.74) is 5.85. The molecule has 3 aromatic carbocycles. The summed E-state index contributed by atoms with van der Waals surface area (Å²) in [5, 5.41) is 4.95. The highest BCUT2D eigenvalue weighted by atomic mass is 32.2. The molecule has 6 rings (SSSR count). The molecule has 1 saturated carbocycles. The van der Waals surface area contributed by atoms with Gasteiger partial charge in [0.05, 0.1) is 10.6 Å². The van der Waals surface area contributed by atoms with Gasteiger partial charge in [-0.1, -0.05) is 97.0 Å². The van der Waals surface area contributed by atoms with Crippen molar-refractivity contribution in [3.05, 3.63) is 107 Å². The lowest BCUT2D eigenvalue weighted by molar-refractivity contribution is -0.123. The molecule has 0 unspecified atom stereocenters. The molecule has 0 atom stereocenters. The minimum absolute atomic E-state index is 0.00509. The lowest BCUT2D eigenvalue weighted by atomic mass is 10.1. The first-order valence-corrected chi connectivity index (χ1v) is 14.5. The number of ether oxygens (including phenoxy) is 1. The standard InChI is InChI=1S/C32H29N3O2S2/c1-22-14-16-23(17-15-22)21-37-28-13-7-8-24(18-28)30-25(20-34(33-30)26-9-3-2-4-10-26)19-29-31(36)35(32(38)39-29)27-11-5-6-12-27/h2-4,7-10,13-20,27H,5-6,11-12,21H2,1H3. The van der Waals surface area contributed by atoms with Crippen molar-refractivity contribution in [2.24, 2.45) is 0 Å². The molecule has 1 aliphatic carbocycles. The Morgan fingerprint density at radius 1 is 1.03 bits per heavy atom. The Balaban J connectivity index is 1.33. The highest BCUT2D eigenvalue weighted by molar-refractivity contribution is 8.26. The van der Waals surface area contributed by atoms with Crippen LogP contribution in [0.15, 0.2) is 90.0 Å². The molecule has 0 radical (unpaired) electrons. The van der Waals surface area contributed by atoms with E-state index < -0.39 is 0 Å². The van der Waals surface area contributed by atoms with Crippen LogP contribution in [0.1, 0.15) is 42.4 Å². The Morgan fingerprint density at radius 2 is 1.79 bits per heavy atom. The molecule has 2 aliphatic rings. The minimum atomic E-state index is 0.00509. The average Bonchev–Trinajstić information content (AvgIpc) is 3.69. The van der Waals surface area contributed by atoms with Crippen LogP contribution >= 0.6 is 24.0 Å². The number of para-hydroxylation sites is 1. The fourth-order valence-corrected chi connectivity index (χ4v) is 6.50. The highest BCUT2D eigenvalue weighted by Gasteiger charge is 2.38. The zero-order valence-electron chi connectivity index (χ0n) is 21.7. The predicted molar refractivity (Wildman–Crippen MR) is 162 cm³/mol. The van der Waals surface area contributed by atoms with Gasteiger partial charge in [-0.25, -0.2) is 4.68 Å². The SMILES string of the molecule is Cc1ccc(COc2cccc(-c3nn(-c4ccccc4)cc3C=C3SC(=S)N(C4CCCC4)C3=O)c2)cc1. The zero-order valence-corrected chi connectivity index (χ0v) is 23.4. The van der Waals surface area contributed by atoms with Crippen molar-refractivity contribution in [1.82, 2.24) is 14.7 Å². The van der Waals surface area contributed by atoms with Crippen molar-refractivity contribution in [2.45, 2.75) is 45.3 Å². The second kappa shape index (κ2) is 11.2. The van der Waals surface area contributed by atoms with E-state index in [1.807, 2.05) is 76.5 Å². The van der Waals surface area contributed by atoms with Crippen LogP contribution in [-0.2, 0) is 11.4 Å². The number of benzene rings is 3. The lowest BCUT2D eigenvalue weighted by Crippen LogP contribution is -2.36. The van der Waals surface area contributed by atoms with Crippen LogP contribution in [0.2, 0.25) is 0 Å². The summed E-state index contributed by atoms with van der Waals surface area (Å²) in [6.07, 6.45) is 8.26. The maximum absolute atomic E-state index is 13.4. The Bertz CT molecular complexity index is 1540. The van der Waals surface area contributed by atoms with Crippen molar-refractivity contribution in [1.29, 1.82) is 0 Å². The van der Waals surface area contributed by atoms with E-state index in [0.717, 1.165) is 59.5 Å². The van der Waals surface area contributed by atoms with E-state index in [-0.39, 0.29) is 11.9 Å². The highest BCUT2D eigenvalue weighted by Crippen LogP contribution is 2.39. The minimum Gasteiger partial charge on any atom is -0.489 e. The molecule has 4 aromatic rings. The van der Waals surface area contributed by atoms with Gasteiger partial charge in [0.15, 0.2) is 0 Å². The van der Waals surface area contributed by atoms with Crippen LogP contribution in [0.3, 0.4) is 0 Å². The van der Waals surface area contributed by atoms with Crippen molar-refractivity contribution in [2.75, 3.05) is 0 Å². The van der Waals surface area contributed by atoms with Crippen LogP contribution in [0.25, 0.3) is 23.0 Å². The summed E-state index contributed by atoms with van der Waals surface area (Å²) in [5.74, 6) is 0.770. The third kappa shape index (κ3) is 5.56. The van der Waals surface area contributed by atoms with Crippen LogP contribution in [0.4, 0.5) is 0 Å². The number of amides is 1. The Morgan fingerprint density at radius 3 is 2.56 bits per heavy atom. The second-order valence-corrected chi connectivity index (χ2v) is 11.7. The van der Waals surface area contributed by atoms with E-state index in [1.165, 1.54) is 17.3 Å². The number of nitrogens with zero attached hydrogens (tertiary/aromatic N) is 3. The quantitative estimate of drug-likeness (QED) is 0.175. The molecular weight excluding hydrogens is 523 g/mol. The van der Waals surface area contributed by atoms with Crippen LogP contribution in [0.5, 0.6) is 5.75 Å². The van der Waals surface area contributed by atoms with Gasteiger partial charge in [0.25, 0.3) is 5.91 Å². The van der Waals surface area contributed by atoms with Gasteiger partial charge in [0.2, 0.25) is 0 Å². The molecule has 2 fully saturated rings. The van der Waals surface area contributed by atoms with Gasteiger partial charge in [-0.05, 0) is 55.7 Å². The maximum atomic E-state index is 13.4. The number of thiocarbonyl (C=S) groups is 1. The topological polar surface area (TPSA) is 47.4 Å². The molecular formula is C32H29N3O2S2. The molecule has 1 aromatic heterocycles. The fraction of sp³-hybridized carbons (Fsp3) is 0.219. The largest absolute Gasteiger partial charge is 0.489 e. The summed E-state index contributed by atoms with van der Waals surface area (Å²) in [4.78, 5) is 15.9. The molecule has 0 bridgehead atoms. The van der Waals surface area contributed by atoms with Gasteiger partial charge >= 0.3 is 0 Å². The normalized spacial score (nSPS) is 16.9. The number of hydrogen-bond donors (Lipinski definition) is 0. The number of aryl methyl sites for hydroxylation is 1. The van der Waals surface area contributed by atoms with Gasteiger partial charge in [-0.15, -0.1) is 0 Å². The second-order valence-electron chi connectivity index (χ2n) is 10.0. The molecule has 1 saturated heterocycles. The van der Waals surface area contributed by atoms with Gasteiger partial charge < -0.3 is 4.74 Å².